The molecule has 1 saturated heterocycles. The van der Waals surface area contributed by atoms with E-state index in [0.29, 0.717) is 12.1 Å². The van der Waals surface area contributed by atoms with Gasteiger partial charge in [-0.2, -0.15) is 0 Å². The molecule has 1 heterocycles. The molecule has 1 aliphatic heterocycles. The van der Waals surface area contributed by atoms with Gasteiger partial charge in [-0.25, -0.2) is 4.79 Å². The average Bonchev–Trinajstić information content (AvgIpc) is 2.49. The highest BCUT2D eigenvalue weighted by Gasteiger charge is 2.21. The molecule has 1 aliphatic carbocycles. The van der Waals surface area contributed by atoms with Crippen LogP contribution in [0.3, 0.4) is 0 Å². The Kier molecular flexibility index (Phi) is 2.68. The van der Waals surface area contributed by atoms with Crippen molar-refractivity contribution >= 4 is 6.03 Å². The van der Waals surface area contributed by atoms with E-state index in [9.17, 15) is 4.79 Å². The van der Waals surface area contributed by atoms with Gasteiger partial charge in [0.2, 0.25) is 0 Å². The van der Waals surface area contributed by atoms with Crippen molar-refractivity contribution in [3.63, 3.8) is 0 Å². The molecule has 0 radical (unpaired) electrons. The van der Waals surface area contributed by atoms with Crippen molar-refractivity contribution in [3.05, 3.63) is 0 Å². The second kappa shape index (κ2) is 3.96. The Labute approximate surface area is 78.5 Å². The zero-order valence-corrected chi connectivity index (χ0v) is 7.81. The first-order valence-corrected chi connectivity index (χ1v) is 5.12. The number of hydrogen-bond donors (Lipinski definition) is 3. The second-order valence-corrected chi connectivity index (χ2v) is 3.94. The van der Waals surface area contributed by atoms with Crippen LogP contribution in [-0.2, 0) is 0 Å². The first-order valence-electron chi connectivity index (χ1n) is 5.12. The van der Waals surface area contributed by atoms with Crippen LogP contribution in [0.25, 0.3) is 0 Å². The van der Waals surface area contributed by atoms with Gasteiger partial charge in [0.25, 0.3) is 0 Å². The molecule has 1 atom stereocenters. The summed E-state index contributed by atoms with van der Waals surface area (Å²) in [7, 11) is 0. The van der Waals surface area contributed by atoms with Crippen LogP contribution in [0.5, 0.6) is 0 Å². The first-order chi connectivity index (χ1) is 6.34. The standard InChI is InChI=1S/C9H17N3O/c13-9(11-7-2-1-3-7)12-8-4-5-10-6-8/h7-8,10H,1-6H2,(H2,11,12,13)/t8-/m0/s1. The van der Waals surface area contributed by atoms with Gasteiger partial charge in [0.1, 0.15) is 0 Å². The van der Waals surface area contributed by atoms with Gasteiger partial charge in [0.05, 0.1) is 0 Å². The summed E-state index contributed by atoms with van der Waals surface area (Å²) in [6.07, 6.45) is 4.61. The van der Waals surface area contributed by atoms with Crippen molar-refractivity contribution in [2.45, 2.75) is 37.8 Å². The minimum Gasteiger partial charge on any atom is -0.335 e. The highest BCUT2D eigenvalue weighted by atomic mass is 16.2. The molecule has 2 fully saturated rings. The van der Waals surface area contributed by atoms with E-state index in [1.54, 1.807) is 0 Å². The molecule has 1 saturated carbocycles. The maximum absolute atomic E-state index is 11.4. The molecule has 2 rings (SSSR count). The Morgan fingerprint density at radius 1 is 1.15 bits per heavy atom. The summed E-state index contributed by atoms with van der Waals surface area (Å²) in [6.45, 7) is 1.94. The largest absolute Gasteiger partial charge is 0.335 e. The maximum atomic E-state index is 11.4. The lowest BCUT2D eigenvalue weighted by Gasteiger charge is -2.27. The number of hydrogen-bond acceptors (Lipinski definition) is 2. The topological polar surface area (TPSA) is 53.2 Å². The summed E-state index contributed by atoms with van der Waals surface area (Å²) in [5.41, 5.74) is 0. The zero-order chi connectivity index (χ0) is 9.10. The van der Waals surface area contributed by atoms with E-state index in [-0.39, 0.29) is 6.03 Å². The number of carbonyl (C=O) groups is 1. The third-order valence-corrected chi connectivity index (χ3v) is 2.84. The van der Waals surface area contributed by atoms with E-state index in [0.717, 1.165) is 32.4 Å². The van der Waals surface area contributed by atoms with Crippen LogP contribution in [0.4, 0.5) is 4.79 Å². The van der Waals surface area contributed by atoms with Crippen LogP contribution in [-0.4, -0.2) is 31.2 Å². The van der Waals surface area contributed by atoms with Gasteiger partial charge >= 0.3 is 6.03 Å². The number of carbonyl (C=O) groups excluding carboxylic acids is 1. The van der Waals surface area contributed by atoms with Gasteiger partial charge in [-0.05, 0) is 32.2 Å². The lowest BCUT2D eigenvalue weighted by molar-refractivity contribution is 0.225. The third-order valence-electron chi connectivity index (χ3n) is 2.84. The Balaban J connectivity index is 1.64. The molecule has 0 spiro atoms. The lowest BCUT2D eigenvalue weighted by Crippen LogP contribution is -2.48. The summed E-state index contributed by atoms with van der Waals surface area (Å²) in [5, 5.41) is 9.15. The highest BCUT2D eigenvalue weighted by molar-refractivity contribution is 5.74. The zero-order valence-electron chi connectivity index (χ0n) is 7.81. The van der Waals surface area contributed by atoms with E-state index in [1.165, 1.54) is 6.42 Å². The molecule has 0 bridgehead atoms. The van der Waals surface area contributed by atoms with Crippen molar-refractivity contribution in [1.82, 2.24) is 16.0 Å². The second-order valence-electron chi connectivity index (χ2n) is 3.94. The minimum atomic E-state index is 0.0124. The van der Waals surface area contributed by atoms with Gasteiger partial charge in [0, 0.05) is 18.6 Å². The quantitative estimate of drug-likeness (QED) is 0.573. The van der Waals surface area contributed by atoms with E-state index in [4.69, 9.17) is 0 Å². The van der Waals surface area contributed by atoms with Gasteiger partial charge in [-0.15, -0.1) is 0 Å². The highest BCUT2D eigenvalue weighted by Crippen LogP contribution is 2.17. The Bertz CT molecular complexity index is 185. The summed E-state index contributed by atoms with van der Waals surface area (Å²) < 4.78 is 0. The number of rotatable bonds is 2. The smallest absolute Gasteiger partial charge is 0.315 e. The normalized spacial score (nSPS) is 28.2. The Morgan fingerprint density at radius 2 is 1.92 bits per heavy atom. The lowest BCUT2D eigenvalue weighted by atomic mass is 9.93. The van der Waals surface area contributed by atoms with Crippen LogP contribution < -0.4 is 16.0 Å². The molecule has 0 unspecified atom stereocenters. The molecule has 3 N–H and O–H groups in total. The molecule has 4 heteroatoms. The van der Waals surface area contributed by atoms with Crippen molar-refractivity contribution in [2.24, 2.45) is 0 Å². The van der Waals surface area contributed by atoms with Gasteiger partial charge < -0.3 is 16.0 Å². The molecule has 0 aromatic heterocycles. The Hall–Kier alpha value is -0.770. The molecule has 74 valence electrons. The summed E-state index contributed by atoms with van der Waals surface area (Å²) >= 11 is 0. The predicted molar refractivity (Wildman–Crippen MR) is 50.6 cm³/mol. The van der Waals surface area contributed by atoms with Gasteiger partial charge in [-0.3, -0.25) is 0 Å². The summed E-state index contributed by atoms with van der Waals surface area (Å²) in [6, 6.07) is 0.785. The fourth-order valence-electron chi connectivity index (χ4n) is 1.74. The summed E-state index contributed by atoms with van der Waals surface area (Å²) in [5.74, 6) is 0. The van der Waals surface area contributed by atoms with Gasteiger partial charge in [-0.1, -0.05) is 0 Å². The molecular weight excluding hydrogens is 166 g/mol. The molecule has 13 heavy (non-hydrogen) atoms. The van der Waals surface area contributed by atoms with Crippen molar-refractivity contribution in [1.29, 1.82) is 0 Å². The van der Waals surface area contributed by atoms with Crippen LogP contribution in [0, 0.1) is 0 Å². The van der Waals surface area contributed by atoms with Crippen LogP contribution in [0.2, 0.25) is 0 Å². The van der Waals surface area contributed by atoms with E-state index < -0.39 is 0 Å². The maximum Gasteiger partial charge on any atom is 0.315 e. The fourth-order valence-corrected chi connectivity index (χ4v) is 1.74. The minimum absolute atomic E-state index is 0.0124. The molecule has 2 aliphatic rings. The Morgan fingerprint density at radius 3 is 2.46 bits per heavy atom. The third kappa shape index (κ3) is 2.34. The average molecular weight is 183 g/mol. The number of urea groups is 1. The van der Waals surface area contributed by atoms with Crippen molar-refractivity contribution < 1.29 is 4.79 Å². The number of amides is 2. The molecule has 0 aromatic rings. The van der Waals surface area contributed by atoms with Crippen molar-refractivity contribution in [2.75, 3.05) is 13.1 Å². The van der Waals surface area contributed by atoms with Crippen LogP contribution >= 0.6 is 0 Å². The monoisotopic (exact) mass is 183 g/mol. The fraction of sp³-hybridized carbons (Fsp3) is 0.889. The molecular formula is C9H17N3O. The molecule has 0 aromatic carbocycles. The molecule has 4 nitrogen and oxygen atoms in total. The van der Waals surface area contributed by atoms with E-state index in [2.05, 4.69) is 16.0 Å². The van der Waals surface area contributed by atoms with Crippen LogP contribution in [0.15, 0.2) is 0 Å². The molecule has 2 amide bonds. The SMILES string of the molecule is O=C(NC1CCC1)N[C@H]1CCNC1. The van der Waals surface area contributed by atoms with Crippen LogP contribution in [0.1, 0.15) is 25.7 Å². The van der Waals surface area contributed by atoms with E-state index in [1.807, 2.05) is 0 Å². The van der Waals surface area contributed by atoms with Crippen molar-refractivity contribution in [3.8, 4) is 0 Å². The van der Waals surface area contributed by atoms with Gasteiger partial charge in [0.15, 0.2) is 0 Å². The predicted octanol–water partition coefficient (Wildman–Crippen LogP) is 0.200. The summed E-state index contributed by atoms with van der Waals surface area (Å²) in [4.78, 5) is 11.4. The van der Waals surface area contributed by atoms with E-state index >= 15 is 0 Å². The first kappa shape index (κ1) is 8.81. The number of nitrogens with one attached hydrogen (secondary N) is 3.